The summed E-state index contributed by atoms with van der Waals surface area (Å²) in [5, 5.41) is 7.11. The van der Waals surface area contributed by atoms with Gasteiger partial charge >= 0.3 is 6.18 Å². The number of pyridine rings is 1. The van der Waals surface area contributed by atoms with Gasteiger partial charge in [0.05, 0.1) is 0 Å². The number of aromatic nitrogens is 2. The van der Waals surface area contributed by atoms with Crippen molar-refractivity contribution in [3.8, 4) is 5.88 Å². The van der Waals surface area contributed by atoms with Crippen molar-refractivity contribution in [3.63, 3.8) is 0 Å². The number of ether oxygens (including phenoxy) is 1. The highest BCUT2D eigenvalue weighted by atomic mass is 19.4. The van der Waals surface area contributed by atoms with Crippen molar-refractivity contribution >= 4 is 16.9 Å². The van der Waals surface area contributed by atoms with Crippen LogP contribution in [0.5, 0.6) is 5.88 Å². The number of aromatic amines is 1. The minimum Gasteiger partial charge on any atom is -0.468 e. The molecule has 2 heterocycles. The van der Waals surface area contributed by atoms with Crippen molar-refractivity contribution in [3.05, 3.63) is 59.7 Å². The van der Waals surface area contributed by atoms with Gasteiger partial charge in [0.25, 0.3) is 0 Å². The lowest BCUT2D eigenvalue weighted by atomic mass is 10.1. The third kappa shape index (κ3) is 6.10. The Balaban J connectivity index is 1.46. The molecular formula is C20H21F4N5O. The molecule has 2 aromatic heterocycles. The zero-order valence-electron chi connectivity index (χ0n) is 16.2. The van der Waals surface area contributed by atoms with E-state index in [1.165, 1.54) is 24.4 Å². The third-order valence-electron chi connectivity index (χ3n) is 4.28. The number of guanidine groups is 1. The SMILES string of the molecule is CN=C(NCCc1c[nH]c2ccc(F)cc12)NCc1ccc(OCC(F)(F)F)nc1. The first-order valence-corrected chi connectivity index (χ1v) is 9.18. The maximum atomic E-state index is 13.5. The van der Waals surface area contributed by atoms with Gasteiger partial charge in [-0.2, -0.15) is 13.2 Å². The first-order valence-electron chi connectivity index (χ1n) is 9.18. The molecule has 3 rings (SSSR count). The van der Waals surface area contributed by atoms with E-state index in [0.29, 0.717) is 25.5 Å². The molecule has 0 atom stereocenters. The first-order chi connectivity index (χ1) is 14.3. The summed E-state index contributed by atoms with van der Waals surface area (Å²) in [6.45, 7) is -0.423. The Morgan fingerprint density at radius 1 is 1.20 bits per heavy atom. The second-order valence-electron chi connectivity index (χ2n) is 6.51. The molecule has 0 saturated carbocycles. The molecule has 30 heavy (non-hydrogen) atoms. The molecule has 0 fully saturated rings. The zero-order valence-corrected chi connectivity index (χ0v) is 16.2. The number of hydrogen-bond donors (Lipinski definition) is 3. The molecule has 160 valence electrons. The molecule has 0 unspecified atom stereocenters. The van der Waals surface area contributed by atoms with Crippen molar-refractivity contribution in [2.24, 2.45) is 4.99 Å². The Morgan fingerprint density at radius 2 is 2.03 bits per heavy atom. The number of nitrogens with one attached hydrogen (secondary N) is 3. The minimum absolute atomic E-state index is 0.0891. The van der Waals surface area contributed by atoms with Crippen molar-refractivity contribution in [1.29, 1.82) is 0 Å². The second-order valence-corrected chi connectivity index (χ2v) is 6.51. The van der Waals surface area contributed by atoms with Crippen LogP contribution < -0.4 is 15.4 Å². The highest BCUT2D eigenvalue weighted by Crippen LogP contribution is 2.19. The maximum Gasteiger partial charge on any atom is 0.422 e. The zero-order chi connectivity index (χ0) is 21.6. The number of alkyl halides is 3. The van der Waals surface area contributed by atoms with Crippen LogP contribution in [0.4, 0.5) is 17.6 Å². The number of aliphatic imine (C=N–C) groups is 1. The third-order valence-corrected chi connectivity index (χ3v) is 4.28. The van der Waals surface area contributed by atoms with Gasteiger partial charge in [-0.1, -0.05) is 6.07 Å². The number of nitrogens with zero attached hydrogens (tertiary/aromatic N) is 2. The lowest BCUT2D eigenvalue weighted by Gasteiger charge is -2.12. The second kappa shape index (κ2) is 9.47. The number of hydrogen-bond acceptors (Lipinski definition) is 3. The Hall–Kier alpha value is -3.30. The molecule has 3 aromatic rings. The number of fused-ring (bicyclic) bond motifs is 1. The predicted molar refractivity (Wildman–Crippen MR) is 106 cm³/mol. The standard InChI is InChI=1S/C20H21F4N5O/c1-25-19(26-7-6-14-11-27-17-4-3-15(21)8-16(14)17)29-10-13-2-5-18(28-9-13)30-12-20(22,23)24/h2-5,8-9,11,27H,6-7,10,12H2,1H3,(H2,25,26,29). The summed E-state index contributed by atoms with van der Waals surface area (Å²) >= 11 is 0. The summed E-state index contributed by atoms with van der Waals surface area (Å²) in [7, 11) is 1.63. The Bertz CT molecular complexity index is 999. The average Bonchev–Trinajstić information content (AvgIpc) is 3.11. The monoisotopic (exact) mass is 423 g/mol. The fraction of sp³-hybridized carbons (Fsp3) is 0.300. The van der Waals surface area contributed by atoms with Gasteiger partial charge in [-0.05, 0) is 35.7 Å². The van der Waals surface area contributed by atoms with Gasteiger partial charge in [-0.15, -0.1) is 0 Å². The van der Waals surface area contributed by atoms with E-state index in [1.54, 1.807) is 19.2 Å². The van der Waals surface area contributed by atoms with Crippen LogP contribution in [0, 0.1) is 5.82 Å². The Kier molecular flexibility index (Phi) is 6.76. The van der Waals surface area contributed by atoms with Gasteiger partial charge in [-0.25, -0.2) is 9.37 Å². The molecule has 0 saturated heterocycles. The molecular weight excluding hydrogens is 402 g/mol. The quantitative estimate of drug-likeness (QED) is 0.309. The van der Waals surface area contributed by atoms with Crippen molar-refractivity contribution < 1.29 is 22.3 Å². The normalized spacial score (nSPS) is 12.2. The van der Waals surface area contributed by atoms with Crippen LogP contribution in [0.1, 0.15) is 11.1 Å². The molecule has 6 nitrogen and oxygen atoms in total. The molecule has 1 aromatic carbocycles. The summed E-state index contributed by atoms with van der Waals surface area (Å²) < 4.78 is 54.5. The van der Waals surface area contributed by atoms with Crippen LogP contribution in [0.25, 0.3) is 10.9 Å². The first kappa shape index (κ1) is 21.4. The smallest absolute Gasteiger partial charge is 0.422 e. The lowest BCUT2D eigenvalue weighted by molar-refractivity contribution is -0.154. The molecule has 0 aliphatic heterocycles. The molecule has 0 aliphatic carbocycles. The Morgan fingerprint density at radius 3 is 2.73 bits per heavy atom. The molecule has 0 radical (unpaired) electrons. The molecule has 0 spiro atoms. The van der Waals surface area contributed by atoms with Gasteiger partial charge < -0.3 is 20.4 Å². The molecule has 10 heteroatoms. The molecule has 0 bridgehead atoms. The van der Waals surface area contributed by atoms with E-state index in [4.69, 9.17) is 0 Å². The van der Waals surface area contributed by atoms with Gasteiger partial charge in [0.1, 0.15) is 5.82 Å². The van der Waals surface area contributed by atoms with E-state index in [9.17, 15) is 17.6 Å². The topological polar surface area (TPSA) is 74.3 Å². The summed E-state index contributed by atoms with van der Waals surface area (Å²) in [4.78, 5) is 11.1. The highest BCUT2D eigenvalue weighted by Gasteiger charge is 2.28. The number of halogens is 4. The molecule has 0 amide bonds. The van der Waals surface area contributed by atoms with E-state index in [2.05, 4.69) is 30.3 Å². The van der Waals surface area contributed by atoms with Gasteiger partial charge in [0, 0.05) is 49.5 Å². The maximum absolute atomic E-state index is 13.5. The summed E-state index contributed by atoms with van der Waals surface area (Å²) in [5.74, 6) is 0.185. The van der Waals surface area contributed by atoms with Crippen LogP contribution >= 0.6 is 0 Å². The highest BCUT2D eigenvalue weighted by molar-refractivity contribution is 5.83. The van der Waals surface area contributed by atoms with Gasteiger partial charge in [-0.3, -0.25) is 4.99 Å². The Labute approximate surface area is 170 Å². The van der Waals surface area contributed by atoms with Crippen LogP contribution in [0.2, 0.25) is 0 Å². The van der Waals surface area contributed by atoms with Crippen molar-refractivity contribution in [1.82, 2.24) is 20.6 Å². The largest absolute Gasteiger partial charge is 0.468 e. The summed E-state index contributed by atoms with van der Waals surface area (Å²) in [6.07, 6.45) is -0.444. The van der Waals surface area contributed by atoms with Crippen LogP contribution in [-0.2, 0) is 13.0 Å². The lowest BCUT2D eigenvalue weighted by Crippen LogP contribution is -2.37. The molecule has 3 N–H and O–H groups in total. The van der Waals surface area contributed by atoms with E-state index in [0.717, 1.165) is 22.0 Å². The van der Waals surface area contributed by atoms with E-state index in [1.807, 2.05) is 6.20 Å². The van der Waals surface area contributed by atoms with E-state index in [-0.39, 0.29) is 11.7 Å². The fourth-order valence-electron chi connectivity index (χ4n) is 2.84. The van der Waals surface area contributed by atoms with E-state index < -0.39 is 12.8 Å². The van der Waals surface area contributed by atoms with Crippen LogP contribution in [-0.4, -0.2) is 42.3 Å². The summed E-state index contributed by atoms with van der Waals surface area (Å²) in [6, 6.07) is 7.63. The number of rotatable bonds is 7. The number of benzene rings is 1. The fourth-order valence-corrected chi connectivity index (χ4v) is 2.84. The summed E-state index contributed by atoms with van der Waals surface area (Å²) in [5.41, 5.74) is 2.62. The average molecular weight is 423 g/mol. The van der Waals surface area contributed by atoms with Gasteiger partial charge in [0.2, 0.25) is 5.88 Å². The van der Waals surface area contributed by atoms with Crippen LogP contribution in [0.3, 0.4) is 0 Å². The van der Waals surface area contributed by atoms with E-state index >= 15 is 0 Å². The molecule has 0 aliphatic rings. The minimum atomic E-state index is -4.40. The predicted octanol–water partition coefficient (Wildman–Crippen LogP) is 3.55. The number of H-pyrrole nitrogens is 1. The van der Waals surface area contributed by atoms with Gasteiger partial charge in [0.15, 0.2) is 12.6 Å². The van der Waals surface area contributed by atoms with Crippen molar-refractivity contribution in [2.45, 2.75) is 19.1 Å². The van der Waals surface area contributed by atoms with Crippen molar-refractivity contribution in [2.75, 3.05) is 20.2 Å². The van der Waals surface area contributed by atoms with Crippen LogP contribution in [0.15, 0.2) is 47.7 Å².